The summed E-state index contributed by atoms with van der Waals surface area (Å²) in [6, 6.07) is 6.12. The van der Waals surface area contributed by atoms with E-state index >= 15 is 0 Å². The molecule has 1 aromatic carbocycles. The van der Waals surface area contributed by atoms with E-state index in [1.165, 1.54) is 0 Å². The number of hydrogen-bond acceptors (Lipinski definition) is 4. The molecule has 1 heterocycles. The van der Waals surface area contributed by atoms with Gasteiger partial charge >= 0.3 is 12.0 Å². The standard InChI is InChI=1S/C18H25N3O5/c1-12(2)20-17(25)21-14-5-3-4-13(10-14)15(22)19-11-18(16(23)24)6-8-26-9-7-18/h3-5,10,12H,6-9,11H2,1-2H3,(H,19,22)(H,23,24)(H2,20,21,25). The Labute approximate surface area is 152 Å². The number of hydrogen-bond donors (Lipinski definition) is 4. The lowest BCUT2D eigenvalue weighted by Crippen LogP contribution is -2.46. The van der Waals surface area contributed by atoms with Crippen LogP contribution in [0.2, 0.25) is 0 Å². The summed E-state index contributed by atoms with van der Waals surface area (Å²) in [7, 11) is 0. The number of ether oxygens (including phenoxy) is 1. The van der Waals surface area contributed by atoms with Gasteiger partial charge in [-0.1, -0.05) is 6.07 Å². The van der Waals surface area contributed by atoms with Crippen molar-refractivity contribution < 1.29 is 24.2 Å². The van der Waals surface area contributed by atoms with Gasteiger partial charge in [-0.3, -0.25) is 9.59 Å². The van der Waals surface area contributed by atoms with E-state index in [9.17, 15) is 19.5 Å². The molecule has 1 aromatic rings. The molecule has 3 amide bonds. The SMILES string of the molecule is CC(C)NC(=O)Nc1cccc(C(=O)NCC2(C(=O)O)CCOCC2)c1. The Kier molecular flexibility index (Phi) is 6.57. The molecule has 0 saturated carbocycles. The summed E-state index contributed by atoms with van der Waals surface area (Å²) in [5.74, 6) is -1.31. The first-order valence-corrected chi connectivity index (χ1v) is 8.59. The van der Waals surface area contributed by atoms with Crippen LogP contribution in [0.5, 0.6) is 0 Å². The van der Waals surface area contributed by atoms with Gasteiger partial charge in [0.1, 0.15) is 0 Å². The van der Waals surface area contributed by atoms with E-state index in [1.807, 2.05) is 13.8 Å². The van der Waals surface area contributed by atoms with Crippen molar-refractivity contribution >= 4 is 23.6 Å². The highest BCUT2D eigenvalue weighted by Gasteiger charge is 2.40. The van der Waals surface area contributed by atoms with Gasteiger partial charge in [-0.2, -0.15) is 0 Å². The number of carboxylic acid groups (broad SMARTS) is 1. The molecule has 26 heavy (non-hydrogen) atoms. The van der Waals surface area contributed by atoms with E-state index in [0.717, 1.165) is 0 Å². The van der Waals surface area contributed by atoms with Crippen molar-refractivity contribution in [1.82, 2.24) is 10.6 Å². The molecule has 4 N–H and O–H groups in total. The number of anilines is 1. The predicted octanol–water partition coefficient (Wildman–Crippen LogP) is 1.83. The lowest BCUT2D eigenvalue weighted by Gasteiger charge is -2.33. The Bertz CT molecular complexity index is 669. The minimum Gasteiger partial charge on any atom is -0.481 e. The fraction of sp³-hybridized carbons (Fsp3) is 0.500. The predicted molar refractivity (Wildman–Crippen MR) is 96.2 cm³/mol. The second kappa shape index (κ2) is 8.66. The monoisotopic (exact) mass is 363 g/mol. The number of urea groups is 1. The van der Waals surface area contributed by atoms with Crippen molar-refractivity contribution in [1.29, 1.82) is 0 Å². The third-order valence-corrected chi connectivity index (χ3v) is 4.29. The number of amides is 3. The minimum absolute atomic E-state index is 0.00633. The number of carbonyl (C=O) groups excluding carboxylic acids is 2. The second-order valence-electron chi connectivity index (χ2n) is 6.71. The number of rotatable bonds is 6. The smallest absolute Gasteiger partial charge is 0.319 e. The van der Waals surface area contributed by atoms with Gasteiger partial charge < -0.3 is 25.8 Å². The van der Waals surface area contributed by atoms with Crippen molar-refractivity contribution in [3.8, 4) is 0 Å². The van der Waals surface area contributed by atoms with E-state index < -0.39 is 11.4 Å². The zero-order valence-corrected chi connectivity index (χ0v) is 15.0. The molecular weight excluding hydrogens is 338 g/mol. The largest absolute Gasteiger partial charge is 0.481 e. The van der Waals surface area contributed by atoms with Gasteiger partial charge in [0.15, 0.2) is 0 Å². The maximum atomic E-state index is 12.4. The average molecular weight is 363 g/mol. The molecule has 1 aliphatic heterocycles. The van der Waals surface area contributed by atoms with Crippen LogP contribution in [0.15, 0.2) is 24.3 Å². The van der Waals surface area contributed by atoms with Crippen LogP contribution in [0, 0.1) is 5.41 Å². The van der Waals surface area contributed by atoms with Gasteiger partial charge in [-0.05, 0) is 44.9 Å². The Hall–Kier alpha value is -2.61. The van der Waals surface area contributed by atoms with Crippen LogP contribution in [0.25, 0.3) is 0 Å². The van der Waals surface area contributed by atoms with Gasteiger partial charge in [-0.15, -0.1) is 0 Å². The highest BCUT2D eigenvalue weighted by molar-refractivity contribution is 5.97. The number of carboxylic acids is 1. The summed E-state index contributed by atoms with van der Waals surface area (Å²) < 4.78 is 5.22. The lowest BCUT2D eigenvalue weighted by atomic mass is 9.80. The molecule has 0 unspecified atom stereocenters. The van der Waals surface area contributed by atoms with E-state index in [0.29, 0.717) is 37.3 Å². The first-order valence-electron chi connectivity index (χ1n) is 8.59. The summed E-state index contributed by atoms with van der Waals surface area (Å²) in [6.07, 6.45) is 0.721. The van der Waals surface area contributed by atoms with E-state index in [2.05, 4.69) is 16.0 Å². The van der Waals surface area contributed by atoms with Crippen molar-refractivity contribution in [3.05, 3.63) is 29.8 Å². The maximum absolute atomic E-state index is 12.4. The molecule has 2 rings (SSSR count). The van der Waals surface area contributed by atoms with Gasteiger partial charge in [0.25, 0.3) is 5.91 Å². The molecule has 1 saturated heterocycles. The molecule has 0 aliphatic carbocycles. The zero-order chi connectivity index (χ0) is 19.2. The zero-order valence-electron chi connectivity index (χ0n) is 15.0. The van der Waals surface area contributed by atoms with Crippen LogP contribution >= 0.6 is 0 Å². The van der Waals surface area contributed by atoms with Gasteiger partial charge in [0, 0.05) is 37.1 Å². The Morgan fingerprint density at radius 3 is 2.54 bits per heavy atom. The van der Waals surface area contributed by atoms with Crippen LogP contribution in [-0.4, -0.2) is 48.8 Å². The number of carbonyl (C=O) groups is 3. The molecule has 0 bridgehead atoms. The summed E-state index contributed by atoms with van der Waals surface area (Å²) in [4.78, 5) is 35.8. The van der Waals surface area contributed by atoms with Crippen molar-refractivity contribution in [3.63, 3.8) is 0 Å². The van der Waals surface area contributed by atoms with Gasteiger partial charge in [-0.25, -0.2) is 4.79 Å². The van der Waals surface area contributed by atoms with E-state index in [4.69, 9.17) is 4.74 Å². The molecule has 1 aliphatic rings. The molecule has 1 fully saturated rings. The normalized spacial score (nSPS) is 16.0. The lowest BCUT2D eigenvalue weighted by molar-refractivity contribution is -0.154. The van der Waals surface area contributed by atoms with Gasteiger partial charge in [0.05, 0.1) is 5.41 Å². The number of aliphatic carboxylic acids is 1. The van der Waals surface area contributed by atoms with Crippen LogP contribution in [0.4, 0.5) is 10.5 Å². The molecule has 0 aromatic heterocycles. The number of nitrogens with one attached hydrogen (secondary N) is 3. The van der Waals surface area contributed by atoms with E-state index in [-0.39, 0.29) is 24.5 Å². The third-order valence-electron chi connectivity index (χ3n) is 4.29. The van der Waals surface area contributed by atoms with Gasteiger partial charge in [0.2, 0.25) is 0 Å². The Morgan fingerprint density at radius 2 is 1.92 bits per heavy atom. The molecule has 0 atom stereocenters. The molecule has 0 radical (unpaired) electrons. The molecular formula is C18H25N3O5. The highest BCUT2D eigenvalue weighted by Crippen LogP contribution is 2.30. The summed E-state index contributed by atoms with van der Waals surface area (Å²) in [5, 5.41) is 17.6. The minimum atomic E-state index is -0.999. The van der Waals surface area contributed by atoms with Crippen molar-refractivity contribution in [2.45, 2.75) is 32.7 Å². The topological polar surface area (TPSA) is 117 Å². The molecule has 8 nitrogen and oxygen atoms in total. The molecule has 8 heteroatoms. The quantitative estimate of drug-likeness (QED) is 0.615. The average Bonchev–Trinajstić information content (AvgIpc) is 2.59. The summed E-state index contributed by atoms with van der Waals surface area (Å²) >= 11 is 0. The van der Waals surface area contributed by atoms with Crippen LogP contribution in [0.1, 0.15) is 37.0 Å². The van der Waals surface area contributed by atoms with E-state index in [1.54, 1.807) is 24.3 Å². The first-order chi connectivity index (χ1) is 12.3. The van der Waals surface area contributed by atoms with Crippen molar-refractivity contribution in [2.75, 3.05) is 25.1 Å². The van der Waals surface area contributed by atoms with Crippen LogP contribution < -0.4 is 16.0 Å². The van der Waals surface area contributed by atoms with Crippen LogP contribution in [0.3, 0.4) is 0 Å². The maximum Gasteiger partial charge on any atom is 0.319 e. The highest BCUT2D eigenvalue weighted by atomic mass is 16.5. The Balaban J connectivity index is 1.99. The summed E-state index contributed by atoms with van der Waals surface area (Å²) in [6.45, 7) is 4.46. The fourth-order valence-electron chi connectivity index (χ4n) is 2.75. The van der Waals surface area contributed by atoms with Crippen LogP contribution in [-0.2, 0) is 9.53 Å². The second-order valence-corrected chi connectivity index (χ2v) is 6.71. The fourth-order valence-corrected chi connectivity index (χ4v) is 2.75. The van der Waals surface area contributed by atoms with Crippen molar-refractivity contribution in [2.24, 2.45) is 5.41 Å². The first kappa shape index (κ1) is 19.7. The molecule has 142 valence electrons. The molecule has 0 spiro atoms. The number of benzene rings is 1. The third kappa shape index (κ3) is 5.19. The Morgan fingerprint density at radius 1 is 1.23 bits per heavy atom. The summed E-state index contributed by atoms with van der Waals surface area (Å²) in [5.41, 5.74) is -0.171.